The Labute approximate surface area is 129 Å². The van der Waals surface area contributed by atoms with Gasteiger partial charge in [0.2, 0.25) is 0 Å². The normalized spacial score (nSPS) is 22.9. The van der Waals surface area contributed by atoms with Crippen molar-refractivity contribution in [3.63, 3.8) is 0 Å². The molecule has 0 aromatic heterocycles. The van der Waals surface area contributed by atoms with E-state index in [0.717, 1.165) is 32.2 Å². The van der Waals surface area contributed by atoms with Crippen LogP contribution in [0, 0.1) is 13.8 Å². The molecular formula is C17H27NO2S. The van der Waals surface area contributed by atoms with Gasteiger partial charge in [0.15, 0.2) is 9.84 Å². The van der Waals surface area contributed by atoms with E-state index in [1.165, 1.54) is 16.7 Å². The summed E-state index contributed by atoms with van der Waals surface area (Å²) in [5.74, 6) is 0.353. The number of likely N-dealkylation sites (N-methyl/N-ethyl adjacent to an activating group) is 1. The maximum Gasteiger partial charge on any atom is 0.154 e. The van der Waals surface area contributed by atoms with Crippen LogP contribution in [-0.4, -0.2) is 32.0 Å². The summed E-state index contributed by atoms with van der Waals surface area (Å²) in [6.07, 6.45) is 3.45. The first-order valence-electron chi connectivity index (χ1n) is 7.95. The second-order valence-electron chi connectivity index (χ2n) is 6.14. The predicted octanol–water partition coefficient (Wildman–Crippen LogP) is 2.79. The van der Waals surface area contributed by atoms with Crippen LogP contribution in [-0.2, 0) is 16.3 Å². The Hall–Kier alpha value is -0.870. The molecule has 21 heavy (non-hydrogen) atoms. The summed E-state index contributed by atoms with van der Waals surface area (Å²) in [5.41, 5.74) is 3.81. The van der Waals surface area contributed by atoms with Crippen molar-refractivity contribution in [1.29, 1.82) is 0 Å². The molecule has 1 aromatic carbocycles. The predicted molar refractivity (Wildman–Crippen MR) is 88.5 cm³/mol. The summed E-state index contributed by atoms with van der Waals surface area (Å²) in [6, 6.07) is 6.31. The van der Waals surface area contributed by atoms with Crippen molar-refractivity contribution in [2.24, 2.45) is 0 Å². The van der Waals surface area contributed by atoms with Gasteiger partial charge in [-0.2, -0.15) is 0 Å². The molecule has 3 nitrogen and oxygen atoms in total. The monoisotopic (exact) mass is 309 g/mol. The van der Waals surface area contributed by atoms with Gasteiger partial charge in [-0.15, -0.1) is 0 Å². The van der Waals surface area contributed by atoms with Gasteiger partial charge in [-0.25, -0.2) is 8.42 Å². The van der Waals surface area contributed by atoms with Crippen LogP contribution in [0.5, 0.6) is 0 Å². The number of nitrogens with one attached hydrogen (secondary N) is 1. The van der Waals surface area contributed by atoms with Crippen molar-refractivity contribution in [2.45, 2.75) is 57.7 Å². The number of sulfone groups is 1. The number of benzene rings is 1. The van der Waals surface area contributed by atoms with Crippen LogP contribution in [0.25, 0.3) is 0 Å². The van der Waals surface area contributed by atoms with Gasteiger partial charge in [-0.05, 0) is 56.3 Å². The zero-order chi connectivity index (χ0) is 15.5. The molecule has 118 valence electrons. The molecule has 0 spiro atoms. The lowest BCUT2D eigenvalue weighted by Crippen LogP contribution is -2.48. The average Bonchev–Trinajstić information content (AvgIpc) is 2.42. The third-order valence-electron chi connectivity index (χ3n) is 4.61. The Morgan fingerprint density at radius 1 is 1.24 bits per heavy atom. The highest BCUT2D eigenvalue weighted by molar-refractivity contribution is 7.92. The highest BCUT2D eigenvalue weighted by atomic mass is 32.2. The summed E-state index contributed by atoms with van der Waals surface area (Å²) in [6.45, 7) is 7.08. The quantitative estimate of drug-likeness (QED) is 0.910. The molecule has 1 heterocycles. The first-order valence-corrected chi connectivity index (χ1v) is 9.67. The zero-order valence-corrected chi connectivity index (χ0v) is 14.2. The Kier molecular flexibility index (Phi) is 5.44. The first kappa shape index (κ1) is 16.5. The topological polar surface area (TPSA) is 46.2 Å². The van der Waals surface area contributed by atoms with Gasteiger partial charge in [0, 0.05) is 6.04 Å². The molecular weight excluding hydrogens is 282 g/mol. The minimum Gasteiger partial charge on any atom is -0.313 e. The third-order valence-corrected chi connectivity index (χ3v) is 6.96. The maximum absolute atomic E-state index is 12.4. The molecule has 1 fully saturated rings. The second kappa shape index (κ2) is 6.93. The van der Waals surface area contributed by atoms with Crippen LogP contribution >= 0.6 is 0 Å². The molecule has 1 N–H and O–H groups in total. The Balaban J connectivity index is 2.27. The van der Waals surface area contributed by atoms with Crippen LogP contribution < -0.4 is 5.32 Å². The van der Waals surface area contributed by atoms with E-state index in [9.17, 15) is 8.42 Å². The van der Waals surface area contributed by atoms with Crippen LogP contribution in [0.15, 0.2) is 18.2 Å². The highest BCUT2D eigenvalue weighted by Gasteiger charge is 2.35. The van der Waals surface area contributed by atoms with Gasteiger partial charge in [0.25, 0.3) is 0 Å². The summed E-state index contributed by atoms with van der Waals surface area (Å²) < 4.78 is 24.8. The van der Waals surface area contributed by atoms with E-state index in [2.05, 4.69) is 37.4 Å². The maximum atomic E-state index is 12.4. The van der Waals surface area contributed by atoms with E-state index in [4.69, 9.17) is 0 Å². The van der Waals surface area contributed by atoms with Crippen LogP contribution in [0.1, 0.15) is 42.9 Å². The fourth-order valence-electron chi connectivity index (χ4n) is 3.42. The number of rotatable bonds is 5. The lowest BCUT2D eigenvalue weighted by atomic mass is 9.93. The molecule has 1 aromatic rings. The van der Waals surface area contributed by atoms with Crippen LogP contribution in [0.4, 0.5) is 0 Å². The number of hydrogen-bond donors (Lipinski definition) is 1. The third kappa shape index (κ3) is 3.86. The molecule has 2 atom stereocenters. The van der Waals surface area contributed by atoms with Crippen LogP contribution in [0.2, 0.25) is 0 Å². The molecule has 0 aliphatic carbocycles. The summed E-state index contributed by atoms with van der Waals surface area (Å²) in [7, 11) is -2.95. The van der Waals surface area contributed by atoms with Crippen molar-refractivity contribution in [3.05, 3.63) is 34.9 Å². The SMILES string of the molecule is CCNC(Cc1c(C)cccc1C)C1CCCCS1(=O)=O. The lowest BCUT2D eigenvalue weighted by molar-refractivity contribution is 0.440. The standard InChI is InChI=1S/C17H27NO2S/c1-4-18-16(17-10-5-6-11-21(17,19)20)12-15-13(2)8-7-9-14(15)3/h7-9,16-18H,4-6,10-12H2,1-3H3. The van der Waals surface area contributed by atoms with E-state index < -0.39 is 9.84 Å². The van der Waals surface area contributed by atoms with Crippen LogP contribution in [0.3, 0.4) is 0 Å². The zero-order valence-electron chi connectivity index (χ0n) is 13.4. The van der Waals surface area contributed by atoms with E-state index >= 15 is 0 Å². The molecule has 1 aliphatic rings. The Bertz CT molecular complexity index is 560. The molecule has 2 rings (SSSR count). The van der Waals surface area contributed by atoms with Crippen molar-refractivity contribution in [2.75, 3.05) is 12.3 Å². The molecule has 0 bridgehead atoms. The molecule has 0 saturated carbocycles. The smallest absolute Gasteiger partial charge is 0.154 e. The highest BCUT2D eigenvalue weighted by Crippen LogP contribution is 2.26. The van der Waals surface area contributed by atoms with E-state index in [1.807, 2.05) is 6.92 Å². The van der Waals surface area contributed by atoms with Crippen molar-refractivity contribution < 1.29 is 8.42 Å². The Morgan fingerprint density at radius 3 is 2.48 bits per heavy atom. The first-order chi connectivity index (χ1) is 9.95. The minimum absolute atomic E-state index is 0.0279. The minimum atomic E-state index is -2.95. The van der Waals surface area contributed by atoms with E-state index in [-0.39, 0.29) is 11.3 Å². The molecule has 1 aliphatic heterocycles. The fraction of sp³-hybridized carbons (Fsp3) is 0.647. The van der Waals surface area contributed by atoms with E-state index in [1.54, 1.807) is 0 Å². The second-order valence-corrected chi connectivity index (χ2v) is 8.48. The largest absolute Gasteiger partial charge is 0.313 e. The summed E-state index contributed by atoms with van der Waals surface area (Å²) in [4.78, 5) is 0. The molecule has 2 unspecified atom stereocenters. The summed E-state index contributed by atoms with van der Waals surface area (Å²) in [5, 5.41) is 3.20. The summed E-state index contributed by atoms with van der Waals surface area (Å²) >= 11 is 0. The van der Waals surface area contributed by atoms with Gasteiger partial charge >= 0.3 is 0 Å². The van der Waals surface area contributed by atoms with Crippen molar-refractivity contribution >= 4 is 9.84 Å². The number of hydrogen-bond acceptors (Lipinski definition) is 3. The average molecular weight is 309 g/mol. The van der Waals surface area contributed by atoms with Gasteiger partial charge in [0.1, 0.15) is 0 Å². The van der Waals surface area contributed by atoms with Gasteiger partial charge in [-0.1, -0.05) is 31.5 Å². The fourth-order valence-corrected chi connectivity index (χ4v) is 5.55. The lowest BCUT2D eigenvalue weighted by Gasteiger charge is -2.31. The Morgan fingerprint density at radius 2 is 1.90 bits per heavy atom. The molecule has 0 amide bonds. The van der Waals surface area contributed by atoms with Gasteiger partial charge in [-0.3, -0.25) is 0 Å². The molecule has 4 heteroatoms. The van der Waals surface area contributed by atoms with E-state index in [0.29, 0.717) is 5.75 Å². The molecule has 1 saturated heterocycles. The number of aryl methyl sites for hydroxylation is 2. The van der Waals surface area contributed by atoms with Crippen molar-refractivity contribution in [3.8, 4) is 0 Å². The van der Waals surface area contributed by atoms with Crippen molar-refractivity contribution in [1.82, 2.24) is 5.32 Å². The van der Waals surface area contributed by atoms with Gasteiger partial charge in [0.05, 0.1) is 11.0 Å². The van der Waals surface area contributed by atoms with Gasteiger partial charge < -0.3 is 5.32 Å². The molecule has 0 radical (unpaired) electrons.